The van der Waals surface area contributed by atoms with Gasteiger partial charge in [0.2, 0.25) is 0 Å². The highest BCUT2D eigenvalue weighted by Crippen LogP contribution is 2.25. The van der Waals surface area contributed by atoms with Crippen LogP contribution in [0.3, 0.4) is 0 Å². The zero-order valence-corrected chi connectivity index (χ0v) is 11.5. The van der Waals surface area contributed by atoms with Crippen molar-refractivity contribution in [1.29, 1.82) is 0 Å². The van der Waals surface area contributed by atoms with Crippen molar-refractivity contribution in [3.8, 4) is 0 Å². The van der Waals surface area contributed by atoms with Crippen molar-refractivity contribution < 1.29 is 4.74 Å². The van der Waals surface area contributed by atoms with E-state index >= 15 is 0 Å². The third-order valence-corrected chi connectivity index (χ3v) is 4.25. The Balaban J connectivity index is 1.97. The van der Waals surface area contributed by atoms with Gasteiger partial charge in [-0.25, -0.2) is 0 Å². The van der Waals surface area contributed by atoms with Crippen LogP contribution in [0.5, 0.6) is 0 Å². The molecule has 0 spiro atoms. The van der Waals surface area contributed by atoms with E-state index in [2.05, 4.69) is 47.1 Å². The van der Waals surface area contributed by atoms with Crippen molar-refractivity contribution >= 4 is 15.9 Å². The fourth-order valence-corrected chi connectivity index (χ4v) is 2.53. The molecule has 1 aromatic heterocycles. The second kappa shape index (κ2) is 5.32. The van der Waals surface area contributed by atoms with E-state index in [4.69, 9.17) is 4.74 Å². The van der Waals surface area contributed by atoms with E-state index in [1.54, 1.807) is 0 Å². The van der Waals surface area contributed by atoms with Crippen LogP contribution in [0.2, 0.25) is 0 Å². The van der Waals surface area contributed by atoms with Crippen molar-refractivity contribution in [1.82, 2.24) is 9.78 Å². The third kappa shape index (κ3) is 2.86. The zero-order chi connectivity index (χ0) is 11.5. The quantitative estimate of drug-likeness (QED) is 0.799. The smallest absolute Gasteiger partial charge is 0.0628 e. The first kappa shape index (κ1) is 12.1. The topological polar surface area (TPSA) is 27.1 Å². The average Bonchev–Trinajstić information content (AvgIpc) is 2.70. The molecule has 0 aliphatic carbocycles. The number of hydrogen-bond acceptors (Lipinski definition) is 2. The van der Waals surface area contributed by atoms with Crippen molar-refractivity contribution in [2.75, 3.05) is 13.2 Å². The number of aromatic nitrogens is 2. The van der Waals surface area contributed by atoms with Crippen LogP contribution >= 0.6 is 15.9 Å². The van der Waals surface area contributed by atoms with Crippen molar-refractivity contribution in [2.24, 2.45) is 5.92 Å². The molecule has 0 aromatic carbocycles. The monoisotopic (exact) mass is 286 g/mol. The predicted molar refractivity (Wildman–Crippen MR) is 68.0 cm³/mol. The highest BCUT2D eigenvalue weighted by molar-refractivity contribution is 9.09. The Morgan fingerprint density at radius 3 is 3.06 bits per heavy atom. The number of nitrogens with zero attached hydrogens (tertiary/aromatic N) is 2. The Hall–Kier alpha value is -0.350. The summed E-state index contributed by atoms with van der Waals surface area (Å²) in [4.78, 5) is 0.574. The molecular formula is C12H19BrN2O. The molecule has 0 bridgehead atoms. The molecule has 90 valence electrons. The molecule has 0 saturated carbocycles. The maximum absolute atomic E-state index is 5.51. The van der Waals surface area contributed by atoms with Gasteiger partial charge in [-0.15, -0.1) is 0 Å². The summed E-state index contributed by atoms with van der Waals surface area (Å²) in [6.45, 7) is 6.03. The van der Waals surface area contributed by atoms with Crippen molar-refractivity contribution in [3.05, 3.63) is 18.0 Å². The van der Waals surface area contributed by atoms with Crippen LogP contribution in [-0.2, 0) is 11.2 Å². The molecular weight excluding hydrogens is 268 g/mol. The number of hydrogen-bond donors (Lipinski definition) is 0. The minimum Gasteiger partial charge on any atom is -0.381 e. The molecule has 2 heterocycles. The van der Waals surface area contributed by atoms with Gasteiger partial charge in [0.25, 0.3) is 0 Å². The molecule has 16 heavy (non-hydrogen) atoms. The van der Waals surface area contributed by atoms with E-state index in [-0.39, 0.29) is 0 Å². The lowest BCUT2D eigenvalue weighted by Crippen LogP contribution is -2.29. The second-order valence-corrected chi connectivity index (χ2v) is 5.90. The van der Waals surface area contributed by atoms with E-state index in [1.807, 2.05) is 4.68 Å². The van der Waals surface area contributed by atoms with Gasteiger partial charge in [0, 0.05) is 29.6 Å². The second-order valence-electron chi connectivity index (χ2n) is 4.72. The van der Waals surface area contributed by atoms with Crippen LogP contribution in [0.15, 0.2) is 12.3 Å². The zero-order valence-electron chi connectivity index (χ0n) is 9.90. The maximum atomic E-state index is 5.51. The molecule has 1 fully saturated rings. The van der Waals surface area contributed by atoms with E-state index in [0.29, 0.717) is 16.8 Å². The van der Waals surface area contributed by atoms with Crippen molar-refractivity contribution in [3.63, 3.8) is 0 Å². The molecule has 1 aliphatic heterocycles. The minimum atomic E-state index is 0.441. The summed E-state index contributed by atoms with van der Waals surface area (Å²) in [5.74, 6) is 0.560. The van der Waals surface area contributed by atoms with Gasteiger partial charge in [0.1, 0.15) is 0 Å². The summed E-state index contributed by atoms with van der Waals surface area (Å²) in [5.41, 5.74) is 1.17. The van der Waals surface area contributed by atoms with E-state index < -0.39 is 0 Å². The number of ether oxygens (including phenoxy) is 1. The Morgan fingerprint density at radius 1 is 1.62 bits per heavy atom. The molecule has 2 atom stereocenters. The minimum absolute atomic E-state index is 0.441. The van der Waals surface area contributed by atoms with Crippen LogP contribution in [0.4, 0.5) is 0 Å². The fraction of sp³-hybridized carbons (Fsp3) is 0.750. The number of rotatable bonds is 3. The van der Waals surface area contributed by atoms with Gasteiger partial charge in [-0.05, 0) is 32.8 Å². The summed E-state index contributed by atoms with van der Waals surface area (Å²) in [6.07, 6.45) is 4.18. The lowest BCUT2D eigenvalue weighted by Gasteiger charge is -2.26. The van der Waals surface area contributed by atoms with Gasteiger partial charge >= 0.3 is 0 Å². The van der Waals surface area contributed by atoms with Gasteiger partial charge in [0.15, 0.2) is 0 Å². The van der Waals surface area contributed by atoms with Crippen LogP contribution in [0.1, 0.15) is 32.0 Å². The molecule has 0 N–H and O–H groups in total. The first-order valence-corrected chi connectivity index (χ1v) is 6.84. The van der Waals surface area contributed by atoms with E-state index in [9.17, 15) is 0 Å². The van der Waals surface area contributed by atoms with Gasteiger partial charge in [-0.1, -0.05) is 15.9 Å². The lowest BCUT2D eigenvalue weighted by molar-refractivity contribution is 0.0601. The first-order valence-electron chi connectivity index (χ1n) is 5.92. The molecule has 4 heteroatoms. The molecule has 2 rings (SSSR count). The molecule has 0 amide bonds. The van der Waals surface area contributed by atoms with Gasteiger partial charge in [0.05, 0.1) is 12.3 Å². The predicted octanol–water partition coefficient (Wildman–Crippen LogP) is 2.81. The van der Waals surface area contributed by atoms with Gasteiger partial charge in [-0.3, -0.25) is 4.68 Å². The summed E-state index contributed by atoms with van der Waals surface area (Å²) in [5, 5.41) is 4.58. The summed E-state index contributed by atoms with van der Waals surface area (Å²) in [6, 6.07) is 2.56. The summed E-state index contributed by atoms with van der Waals surface area (Å²) >= 11 is 3.73. The van der Waals surface area contributed by atoms with Crippen LogP contribution in [0, 0.1) is 5.92 Å². The van der Waals surface area contributed by atoms with E-state index in [1.165, 1.54) is 5.69 Å². The molecule has 2 unspecified atom stereocenters. The Kier molecular flexibility index (Phi) is 4.03. The summed E-state index contributed by atoms with van der Waals surface area (Å²) in [7, 11) is 0. The fourth-order valence-electron chi connectivity index (χ4n) is 2.00. The summed E-state index contributed by atoms with van der Waals surface area (Å²) < 4.78 is 7.53. The third-order valence-electron chi connectivity index (χ3n) is 3.05. The van der Waals surface area contributed by atoms with Crippen LogP contribution in [0.25, 0.3) is 0 Å². The normalized spacial score (nSPS) is 26.2. The Morgan fingerprint density at radius 2 is 2.44 bits per heavy atom. The molecule has 3 nitrogen and oxygen atoms in total. The highest BCUT2D eigenvalue weighted by Gasteiger charge is 2.24. The SMILES string of the molecule is CC(C)n1ccc(CC2COCCC2Br)n1. The Bertz CT molecular complexity index is 338. The largest absolute Gasteiger partial charge is 0.381 e. The van der Waals surface area contributed by atoms with Gasteiger partial charge < -0.3 is 4.74 Å². The Labute approximate surface area is 105 Å². The average molecular weight is 287 g/mol. The maximum Gasteiger partial charge on any atom is 0.0628 e. The standard InChI is InChI=1S/C12H19BrN2O/c1-9(2)15-5-3-11(14-15)7-10-8-16-6-4-12(10)13/h3,5,9-10,12H,4,6-8H2,1-2H3. The number of alkyl halides is 1. The van der Waals surface area contributed by atoms with Crippen molar-refractivity contribution in [2.45, 2.75) is 37.6 Å². The van der Waals surface area contributed by atoms with E-state index in [0.717, 1.165) is 26.1 Å². The highest BCUT2D eigenvalue weighted by atomic mass is 79.9. The molecule has 1 aromatic rings. The van der Waals surface area contributed by atoms with Gasteiger partial charge in [-0.2, -0.15) is 5.10 Å². The lowest BCUT2D eigenvalue weighted by atomic mass is 9.97. The first-order chi connectivity index (χ1) is 7.66. The molecule has 1 saturated heterocycles. The molecule has 0 radical (unpaired) electrons. The molecule has 1 aliphatic rings. The van der Waals surface area contributed by atoms with Crippen LogP contribution in [-0.4, -0.2) is 27.8 Å². The van der Waals surface area contributed by atoms with Crippen LogP contribution < -0.4 is 0 Å². The number of halogens is 1.